The second kappa shape index (κ2) is 18.9. The Hall–Kier alpha value is -5.89. The van der Waals surface area contributed by atoms with E-state index in [0.717, 1.165) is 41.2 Å². The predicted octanol–water partition coefficient (Wildman–Crippen LogP) is 8.08. The van der Waals surface area contributed by atoms with Gasteiger partial charge < -0.3 is 25.0 Å². The highest BCUT2D eigenvalue weighted by Gasteiger charge is 2.16. The molecule has 0 bridgehead atoms. The maximum absolute atomic E-state index is 11.4. The highest BCUT2D eigenvalue weighted by molar-refractivity contribution is 6.20. The van der Waals surface area contributed by atoms with E-state index >= 15 is 0 Å². The number of ether oxygens (including phenoxy) is 2. The summed E-state index contributed by atoms with van der Waals surface area (Å²) >= 11 is 0. The van der Waals surface area contributed by atoms with Gasteiger partial charge in [0.2, 0.25) is 0 Å². The number of anilines is 1. The van der Waals surface area contributed by atoms with Crippen LogP contribution < -0.4 is 14.8 Å². The predicted molar refractivity (Wildman–Crippen MR) is 189 cm³/mol. The smallest absolute Gasteiger partial charge is 0.336 e. The van der Waals surface area contributed by atoms with Gasteiger partial charge in [-0.05, 0) is 83.5 Å². The largest absolute Gasteiger partial charge is 0.497 e. The van der Waals surface area contributed by atoms with Gasteiger partial charge in [0, 0.05) is 12.7 Å². The molecule has 8 heteroatoms. The third-order valence-corrected chi connectivity index (χ3v) is 7.35. The Kier molecular flexibility index (Phi) is 13.8. The van der Waals surface area contributed by atoms with Crippen LogP contribution in [0.15, 0.2) is 134 Å². The number of aromatic nitrogens is 1. The average Bonchev–Trinajstić information content (AvgIpc) is 3.11. The zero-order valence-corrected chi connectivity index (χ0v) is 26.9. The maximum atomic E-state index is 11.4. The van der Waals surface area contributed by atoms with Crippen molar-refractivity contribution in [3.8, 4) is 11.5 Å². The van der Waals surface area contributed by atoms with Crippen molar-refractivity contribution in [2.24, 2.45) is 0 Å². The van der Waals surface area contributed by atoms with Crippen molar-refractivity contribution in [1.29, 1.82) is 0 Å². The minimum Gasteiger partial charge on any atom is -0.497 e. The molecule has 0 aliphatic rings. The molecule has 4 aromatic carbocycles. The van der Waals surface area contributed by atoms with E-state index in [1.54, 1.807) is 37.6 Å². The molecule has 5 aromatic rings. The van der Waals surface area contributed by atoms with Crippen LogP contribution in [0.25, 0.3) is 11.6 Å². The summed E-state index contributed by atoms with van der Waals surface area (Å²) in [6.07, 6.45) is 5.02. The Balaban J connectivity index is 0.000000237. The Morgan fingerprint density at radius 1 is 0.812 bits per heavy atom. The van der Waals surface area contributed by atoms with Crippen molar-refractivity contribution in [2.75, 3.05) is 25.6 Å². The van der Waals surface area contributed by atoms with Crippen LogP contribution in [0.4, 0.5) is 5.82 Å². The molecule has 0 saturated carbocycles. The minimum atomic E-state index is -0.950. The number of benzene rings is 4. The van der Waals surface area contributed by atoms with Crippen molar-refractivity contribution >= 4 is 29.4 Å². The molecule has 8 nitrogen and oxygen atoms in total. The van der Waals surface area contributed by atoms with Crippen molar-refractivity contribution in [3.63, 3.8) is 0 Å². The summed E-state index contributed by atoms with van der Waals surface area (Å²) in [5.41, 5.74) is 3.85. The minimum absolute atomic E-state index is 0.0634. The summed E-state index contributed by atoms with van der Waals surface area (Å²) in [7, 11) is 1.58. The Morgan fingerprint density at radius 2 is 1.52 bits per heavy atom. The number of hydrogen-bond acceptors (Lipinski definition) is 6. The van der Waals surface area contributed by atoms with Gasteiger partial charge in [-0.3, -0.25) is 4.79 Å². The van der Waals surface area contributed by atoms with Gasteiger partial charge in [-0.1, -0.05) is 91.0 Å². The lowest BCUT2D eigenvalue weighted by atomic mass is 9.89. The molecule has 0 fully saturated rings. The number of nitrogens with one attached hydrogen (secondary N) is 1. The number of aliphatic carboxylic acids is 2. The monoisotopic (exact) mass is 644 g/mol. The molecule has 48 heavy (non-hydrogen) atoms. The van der Waals surface area contributed by atoms with Gasteiger partial charge in [0.15, 0.2) is 0 Å². The summed E-state index contributed by atoms with van der Waals surface area (Å²) in [5, 5.41) is 21.9. The topological polar surface area (TPSA) is 118 Å². The van der Waals surface area contributed by atoms with Gasteiger partial charge in [-0.15, -0.1) is 0 Å². The quantitative estimate of drug-likeness (QED) is 0.0595. The molecule has 0 radical (unpaired) electrons. The van der Waals surface area contributed by atoms with Crippen LogP contribution >= 0.6 is 0 Å². The van der Waals surface area contributed by atoms with Gasteiger partial charge in [-0.25, -0.2) is 9.78 Å². The molecular formula is C40H40N2O6. The third kappa shape index (κ3) is 11.8. The van der Waals surface area contributed by atoms with Crippen molar-refractivity contribution in [1.82, 2.24) is 4.98 Å². The molecule has 246 valence electrons. The molecule has 0 saturated heterocycles. The maximum Gasteiger partial charge on any atom is 0.336 e. The Labute approximate surface area is 281 Å². The first-order valence-electron chi connectivity index (χ1n) is 15.7. The summed E-state index contributed by atoms with van der Waals surface area (Å²) in [5.74, 6) is 0.570. The summed E-state index contributed by atoms with van der Waals surface area (Å²) in [6.45, 7) is 1.38. The summed E-state index contributed by atoms with van der Waals surface area (Å²) in [6, 6.07) is 39.8. The van der Waals surface area contributed by atoms with Crippen LogP contribution in [0.5, 0.6) is 11.5 Å². The summed E-state index contributed by atoms with van der Waals surface area (Å²) < 4.78 is 11.0. The van der Waals surface area contributed by atoms with E-state index in [1.165, 1.54) is 0 Å². The van der Waals surface area contributed by atoms with Crippen LogP contribution in [0.3, 0.4) is 0 Å². The SMILES string of the molecule is COc1cccc(/C=C(/C(=O)O)c2ccccc2)c1.O=C(O)CC(Cc1cccc(OCCCNc2ccccn2)c1)c1ccccc1. The standard InChI is InChI=1S/C24H26N2O3.C16H14O3/c27-24(28)18-21(20-9-2-1-3-10-20)16-19-8-6-11-22(17-19)29-15-7-14-26-23-12-4-5-13-25-23;1-19-14-9-5-6-12(10-14)11-15(16(17)18)13-7-3-2-4-8-13/h1-6,8-13,17,21H,7,14-16,18H2,(H,25,26)(H,27,28);2-11H,1H3,(H,17,18)/b;15-11+. The third-order valence-electron chi connectivity index (χ3n) is 7.35. The van der Waals surface area contributed by atoms with Gasteiger partial charge in [0.25, 0.3) is 0 Å². The number of carboxylic acids is 2. The van der Waals surface area contributed by atoms with Crippen molar-refractivity contribution in [2.45, 2.75) is 25.2 Å². The molecule has 3 N–H and O–H groups in total. The molecule has 0 aliphatic carbocycles. The fourth-order valence-electron chi connectivity index (χ4n) is 5.02. The fraction of sp³-hybridized carbons (Fsp3) is 0.175. The van der Waals surface area contributed by atoms with Crippen LogP contribution in [0.2, 0.25) is 0 Å². The van der Waals surface area contributed by atoms with E-state index in [2.05, 4.69) is 10.3 Å². The zero-order chi connectivity index (χ0) is 34.0. The number of carboxylic acid groups (broad SMARTS) is 2. The Morgan fingerprint density at radius 3 is 2.21 bits per heavy atom. The second-order valence-corrected chi connectivity index (χ2v) is 10.9. The first-order chi connectivity index (χ1) is 23.4. The molecule has 1 atom stereocenters. The van der Waals surface area contributed by atoms with Gasteiger partial charge in [0.05, 0.1) is 25.7 Å². The number of hydrogen-bond donors (Lipinski definition) is 3. The van der Waals surface area contributed by atoms with E-state index in [1.807, 2.05) is 109 Å². The molecule has 1 heterocycles. The zero-order valence-electron chi connectivity index (χ0n) is 26.9. The molecule has 0 aliphatic heterocycles. The number of methoxy groups -OCH3 is 1. The van der Waals surface area contributed by atoms with E-state index in [9.17, 15) is 19.8 Å². The first kappa shape index (κ1) is 35.0. The van der Waals surface area contributed by atoms with Crippen molar-refractivity contribution in [3.05, 3.63) is 156 Å². The highest BCUT2D eigenvalue weighted by atomic mass is 16.5. The summed E-state index contributed by atoms with van der Waals surface area (Å²) in [4.78, 5) is 26.9. The molecule has 0 amide bonds. The lowest BCUT2D eigenvalue weighted by molar-refractivity contribution is -0.137. The van der Waals surface area contributed by atoms with Crippen LogP contribution in [0.1, 0.15) is 41.0 Å². The molecular weight excluding hydrogens is 604 g/mol. The number of carbonyl (C=O) groups is 2. The van der Waals surface area contributed by atoms with Crippen molar-refractivity contribution < 1.29 is 29.3 Å². The van der Waals surface area contributed by atoms with Crippen LogP contribution in [-0.2, 0) is 16.0 Å². The van der Waals surface area contributed by atoms with Gasteiger partial charge in [0.1, 0.15) is 17.3 Å². The van der Waals surface area contributed by atoms with E-state index < -0.39 is 11.9 Å². The normalized spacial score (nSPS) is 11.4. The number of pyridine rings is 1. The molecule has 1 aromatic heterocycles. The van der Waals surface area contributed by atoms with E-state index in [0.29, 0.717) is 24.3 Å². The van der Waals surface area contributed by atoms with Crippen LogP contribution in [0, 0.1) is 0 Å². The number of rotatable bonds is 15. The lowest BCUT2D eigenvalue weighted by Crippen LogP contribution is -2.10. The molecule has 0 spiro atoms. The van der Waals surface area contributed by atoms with E-state index in [-0.39, 0.29) is 17.9 Å². The number of nitrogens with zero attached hydrogens (tertiary/aromatic N) is 1. The molecule has 1 unspecified atom stereocenters. The molecule has 5 rings (SSSR count). The first-order valence-corrected chi connectivity index (χ1v) is 15.7. The fourth-order valence-corrected chi connectivity index (χ4v) is 5.02. The Bertz CT molecular complexity index is 1740. The highest BCUT2D eigenvalue weighted by Crippen LogP contribution is 2.26. The van der Waals surface area contributed by atoms with Crippen LogP contribution in [-0.4, -0.2) is 47.4 Å². The van der Waals surface area contributed by atoms with Gasteiger partial charge in [-0.2, -0.15) is 0 Å². The lowest BCUT2D eigenvalue weighted by Gasteiger charge is -2.16. The van der Waals surface area contributed by atoms with Gasteiger partial charge >= 0.3 is 11.9 Å². The van der Waals surface area contributed by atoms with E-state index in [4.69, 9.17) is 9.47 Å². The second-order valence-electron chi connectivity index (χ2n) is 10.9. The average molecular weight is 645 g/mol.